The average Bonchev–Trinajstić information content (AvgIpc) is 3.08. The first-order valence-electron chi connectivity index (χ1n) is 9.13. The second-order valence-corrected chi connectivity index (χ2v) is 10.9. The quantitative estimate of drug-likeness (QED) is 0.784. The fraction of sp³-hybridized carbons (Fsp3) is 0.684. The maximum absolute atomic E-state index is 11.5. The molecule has 1 aliphatic heterocycles. The van der Waals surface area contributed by atoms with Gasteiger partial charge in [0, 0.05) is 24.0 Å². The third kappa shape index (κ3) is 2.78. The van der Waals surface area contributed by atoms with E-state index in [4.69, 9.17) is 4.74 Å². The highest BCUT2D eigenvalue weighted by atomic mass is 31.2. The van der Waals surface area contributed by atoms with Crippen LogP contribution in [0.1, 0.15) is 74.0 Å². The van der Waals surface area contributed by atoms with Gasteiger partial charge in [-0.2, -0.15) is 0 Å². The lowest BCUT2D eigenvalue weighted by Gasteiger charge is -2.38. The predicted octanol–water partition coefficient (Wildman–Crippen LogP) is 4.52. The molecule has 1 saturated carbocycles. The molecule has 0 aromatic heterocycles. The molecule has 1 aromatic carbocycles. The Balaban J connectivity index is 1.60. The summed E-state index contributed by atoms with van der Waals surface area (Å²) in [6.45, 7) is 3.55. The number of hydrogen-bond acceptors (Lipinski definition) is 3. The number of ether oxygens (including phenoxy) is 1. The van der Waals surface area contributed by atoms with Gasteiger partial charge in [-0.25, -0.2) is 0 Å². The molecule has 1 aromatic rings. The summed E-state index contributed by atoms with van der Waals surface area (Å²) in [5.41, 5.74) is 3.28. The van der Waals surface area contributed by atoms with Crippen LogP contribution in [0, 0.1) is 0 Å². The van der Waals surface area contributed by atoms with Crippen LogP contribution in [0.15, 0.2) is 6.07 Å². The summed E-state index contributed by atoms with van der Waals surface area (Å²) in [7, 11) is -2.95. The van der Waals surface area contributed by atoms with Crippen molar-refractivity contribution in [2.24, 2.45) is 0 Å². The monoisotopic (exact) mass is 350 g/mol. The number of phenolic OH excluding ortho intramolecular Hbond substituents is 1. The first-order chi connectivity index (χ1) is 11.3. The highest BCUT2D eigenvalue weighted by Crippen LogP contribution is 2.60. The first kappa shape index (κ1) is 16.5. The molecule has 0 radical (unpaired) electrons. The van der Waals surface area contributed by atoms with Crippen LogP contribution in [-0.4, -0.2) is 28.4 Å². The summed E-state index contributed by atoms with van der Waals surface area (Å²) >= 11 is 0. The Hall–Kier alpha value is -0.990. The molecule has 4 nitrogen and oxygen atoms in total. The molecule has 0 spiro atoms. The molecule has 4 rings (SSSR count). The van der Waals surface area contributed by atoms with Gasteiger partial charge in [-0.3, -0.25) is 4.57 Å². The van der Waals surface area contributed by atoms with Crippen molar-refractivity contribution in [3.63, 3.8) is 0 Å². The third-order valence-electron chi connectivity index (χ3n) is 6.21. The Bertz CT molecular complexity index is 723. The van der Waals surface area contributed by atoms with Crippen molar-refractivity contribution >= 4 is 7.37 Å². The third-order valence-corrected chi connectivity index (χ3v) is 7.36. The smallest absolute Gasteiger partial charge is 0.197 e. The van der Waals surface area contributed by atoms with Gasteiger partial charge in [-0.1, -0.05) is 0 Å². The topological polar surface area (TPSA) is 66.8 Å². The molecule has 5 heteroatoms. The minimum atomic E-state index is -2.95. The summed E-state index contributed by atoms with van der Waals surface area (Å²) < 4.78 is 18.0. The Labute approximate surface area is 143 Å². The molecule has 132 valence electrons. The fourth-order valence-electron chi connectivity index (χ4n) is 5.01. The van der Waals surface area contributed by atoms with Crippen LogP contribution in [0.4, 0.5) is 0 Å². The lowest BCUT2D eigenvalue weighted by molar-refractivity contribution is 0.0538. The number of rotatable bonds is 4. The van der Waals surface area contributed by atoms with E-state index in [0.717, 1.165) is 42.6 Å². The van der Waals surface area contributed by atoms with Gasteiger partial charge in [0.25, 0.3) is 0 Å². The zero-order valence-electron chi connectivity index (χ0n) is 14.5. The van der Waals surface area contributed by atoms with E-state index in [1.54, 1.807) is 0 Å². The van der Waals surface area contributed by atoms with Crippen LogP contribution < -0.4 is 4.74 Å². The van der Waals surface area contributed by atoms with Gasteiger partial charge in [-0.15, -0.1) is 0 Å². The Morgan fingerprint density at radius 1 is 1.33 bits per heavy atom. The molecular formula is C19H27O4P. The summed E-state index contributed by atoms with van der Waals surface area (Å²) in [6.07, 6.45) is 7.22. The van der Waals surface area contributed by atoms with Crippen LogP contribution in [-0.2, 0) is 11.0 Å². The second kappa shape index (κ2) is 5.51. The van der Waals surface area contributed by atoms with Gasteiger partial charge in [-0.05, 0) is 75.3 Å². The minimum Gasteiger partial charge on any atom is -0.508 e. The van der Waals surface area contributed by atoms with Gasteiger partial charge in [0.05, 0.1) is 0 Å². The normalized spacial score (nSPS) is 32.8. The van der Waals surface area contributed by atoms with Crippen LogP contribution >= 0.6 is 7.37 Å². The molecule has 1 fully saturated rings. The lowest BCUT2D eigenvalue weighted by atomic mass is 9.83. The molecule has 24 heavy (non-hydrogen) atoms. The average molecular weight is 350 g/mol. The zero-order chi connectivity index (χ0) is 17.1. The minimum absolute atomic E-state index is 0.269. The van der Waals surface area contributed by atoms with Gasteiger partial charge >= 0.3 is 0 Å². The number of aryl methyl sites for hydroxylation is 1. The van der Waals surface area contributed by atoms with Gasteiger partial charge in [0.1, 0.15) is 17.1 Å². The van der Waals surface area contributed by atoms with E-state index < -0.39 is 7.37 Å². The molecule has 4 atom stereocenters. The van der Waals surface area contributed by atoms with Crippen LogP contribution in [0.25, 0.3) is 0 Å². The molecule has 4 unspecified atom stereocenters. The number of phenols is 1. The number of benzene rings is 1. The summed E-state index contributed by atoms with van der Waals surface area (Å²) in [6, 6.07) is 1.92. The van der Waals surface area contributed by atoms with Gasteiger partial charge in [0.15, 0.2) is 7.37 Å². The van der Waals surface area contributed by atoms with Crippen molar-refractivity contribution in [3.8, 4) is 11.5 Å². The van der Waals surface area contributed by atoms with Gasteiger partial charge < -0.3 is 14.7 Å². The van der Waals surface area contributed by atoms with Crippen LogP contribution in [0.3, 0.4) is 0 Å². The zero-order valence-corrected chi connectivity index (χ0v) is 15.4. The van der Waals surface area contributed by atoms with Crippen molar-refractivity contribution in [2.75, 3.05) is 12.8 Å². The summed E-state index contributed by atoms with van der Waals surface area (Å²) in [4.78, 5) is 9.50. The molecule has 2 bridgehead atoms. The molecule has 1 heterocycles. The van der Waals surface area contributed by atoms with Crippen LogP contribution in [0.2, 0.25) is 0 Å². The van der Waals surface area contributed by atoms with Crippen molar-refractivity contribution in [2.45, 2.75) is 69.3 Å². The SMILES string of the molecule is CC1(CCCP(C)(=O)O)CCc2cc(O)c3c(c2O1)C1CCC3C1. The highest BCUT2D eigenvalue weighted by molar-refractivity contribution is 7.57. The standard InChI is InChI=1S/C19H27O4P/c1-19(7-3-9-24(2,21)22)8-6-14-11-15(20)16-12-4-5-13(10-12)17(16)18(14)23-19/h11-13,20H,3-10H2,1-2H3,(H,21,22). The number of fused-ring (bicyclic) bond motifs is 7. The van der Waals surface area contributed by atoms with E-state index in [0.29, 0.717) is 30.2 Å². The molecule has 3 aliphatic rings. The molecule has 0 saturated heterocycles. The van der Waals surface area contributed by atoms with Crippen molar-refractivity contribution < 1.29 is 19.3 Å². The van der Waals surface area contributed by atoms with Crippen molar-refractivity contribution in [3.05, 3.63) is 22.8 Å². The Morgan fingerprint density at radius 3 is 2.75 bits per heavy atom. The maximum atomic E-state index is 11.5. The number of hydrogen-bond donors (Lipinski definition) is 2. The second-order valence-electron chi connectivity index (χ2n) is 8.35. The molecule has 2 N–H and O–H groups in total. The maximum Gasteiger partial charge on any atom is 0.197 e. The van der Waals surface area contributed by atoms with Crippen molar-refractivity contribution in [1.82, 2.24) is 0 Å². The predicted molar refractivity (Wildman–Crippen MR) is 94.6 cm³/mol. The van der Waals surface area contributed by atoms with E-state index in [1.165, 1.54) is 25.1 Å². The van der Waals surface area contributed by atoms with E-state index in [1.807, 2.05) is 6.07 Å². The molecular weight excluding hydrogens is 323 g/mol. The molecule has 0 amide bonds. The van der Waals surface area contributed by atoms with E-state index in [-0.39, 0.29) is 5.60 Å². The van der Waals surface area contributed by atoms with E-state index >= 15 is 0 Å². The number of aromatic hydroxyl groups is 1. The first-order valence-corrected chi connectivity index (χ1v) is 11.4. The summed E-state index contributed by atoms with van der Waals surface area (Å²) in [5.74, 6) is 2.54. The van der Waals surface area contributed by atoms with Crippen molar-refractivity contribution in [1.29, 1.82) is 0 Å². The lowest BCUT2D eigenvalue weighted by Crippen LogP contribution is -2.37. The molecule has 2 aliphatic carbocycles. The fourth-order valence-corrected chi connectivity index (χ4v) is 5.75. The van der Waals surface area contributed by atoms with Crippen LogP contribution in [0.5, 0.6) is 11.5 Å². The highest BCUT2D eigenvalue weighted by Gasteiger charge is 2.44. The summed E-state index contributed by atoms with van der Waals surface area (Å²) in [5, 5.41) is 10.5. The van der Waals surface area contributed by atoms with E-state index in [9.17, 15) is 14.6 Å². The Morgan fingerprint density at radius 2 is 2.04 bits per heavy atom. The van der Waals surface area contributed by atoms with E-state index in [2.05, 4.69) is 6.92 Å². The Kier molecular flexibility index (Phi) is 3.78. The van der Waals surface area contributed by atoms with Gasteiger partial charge in [0.2, 0.25) is 0 Å². The largest absolute Gasteiger partial charge is 0.508 e.